The summed E-state index contributed by atoms with van der Waals surface area (Å²) in [5, 5.41) is 8.91. The molecule has 1 aromatic rings. The Labute approximate surface area is 113 Å². The summed E-state index contributed by atoms with van der Waals surface area (Å²) in [5.74, 6) is -0.306. The summed E-state index contributed by atoms with van der Waals surface area (Å²) in [5.41, 5.74) is 1.70. The molecule has 0 aliphatic carbocycles. The Morgan fingerprint density at radius 2 is 1.80 bits per heavy atom. The molecular formula is C14H20EsN2O3. The van der Waals surface area contributed by atoms with Crippen LogP contribution in [0.4, 0.5) is 5.69 Å². The van der Waals surface area contributed by atoms with Gasteiger partial charge in [0.1, 0.15) is 0 Å². The van der Waals surface area contributed by atoms with Crippen LogP contribution in [0.1, 0.15) is 10.4 Å². The van der Waals surface area contributed by atoms with Crippen molar-refractivity contribution in [1.29, 1.82) is 0 Å². The molecule has 1 aliphatic rings. The molecule has 0 bridgehead atoms. The number of hydrogen-bond acceptors (Lipinski definition) is 5. The molecule has 0 saturated carbocycles. The van der Waals surface area contributed by atoms with Gasteiger partial charge in [-0.25, -0.2) is 4.79 Å². The third-order valence-electron chi connectivity index (χ3n) is 3.44. The van der Waals surface area contributed by atoms with Gasteiger partial charge in [0.15, 0.2) is 0 Å². The zero-order valence-corrected chi connectivity index (χ0v) is 14.0. The first kappa shape index (κ1) is 15.5. The van der Waals surface area contributed by atoms with E-state index in [9.17, 15) is 4.79 Å². The van der Waals surface area contributed by atoms with Crippen molar-refractivity contribution in [3.8, 4) is 0 Å². The molecule has 1 N–H and O–H groups in total. The summed E-state index contributed by atoms with van der Waals surface area (Å²) in [7, 11) is 1.39. The van der Waals surface area contributed by atoms with Crippen LogP contribution in [0.25, 0.3) is 0 Å². The molecule has 115 valence electrons. The van der Waals surface area contributed by atoms with Gasteiger partial charge in [-0.3, -0.25) is 4.90 Å². The number of β-amino-alcohol motifs (C(OH)–C–C–N with tert-alkyl or cyclic N) is 1. The minimum atomic E-state index is -0.306. The summed E-state index contributed by atoms with van der Waals surface area (Å²) >= 11 is 0. The van der Waals surface area contributed by atoms with E-state index in [1.807, 2.05) is 12.1 Å². The van der Waals surface area contributed by atoms with Gasteiger partial charge in [-0.2, -0.15) is 0 Å². The van der Waals surface area contributed by atoms with Gasteiger partial charge in [0, 0.05) is 38.4 Å². The van der Waals surface area contributed by atoms with Crippen LogP contribution >= 0.6 is 0 Å². The van der Waals surface area contributed by atoms with Crippen molar-refractivity contribution in [2.45, 2.75) is 0 Å². The van der Waals surface area contributed by atoms with Gasteiger partial charge in [0.05, 0.1) is 19.3 Å². The van der Waals surface area contributed by atoms with Gasteiger partial charge in [-0.05, 0) is 24.3 Å². The topological polar surface area (TPSA) is 53.0 Å². The van der Waals surface area contributed by atoms with Crippen molar-refractivity contribution < 1.29 is 14.6 Å². The second kappa shape index (κ2) is 7.11. The summed E-state index contributed by atoms with van der Waals surface area (Å²) in [6, 6.07) is 7.49. The molecule has 0 atom stereocenters. The Balaban J connectivity index is 0.00000200. The average Bonchev–Trinajstić information content (AvgIpc) is 2.48. The average molecular weight is 516 g/mol. The van der Waals surface area contributed by atoms with E-state index >= 15 is 0 Å². The maximum absolute atomic E-state index is 11.3. The molecule has 1 aromatic carbocycles. The first-order valence-corrected chi connectivity index (χ1v) is 6.51. The second-order valence-electron chi connectivity index (χ2n) is 4.59. The Hall–Kier alpha value is -2.59. The first-order chi connectivity index (χ1) is 9.24. The van der Waals surface area contributed by atoms with Gasteiger partial charge in [-0.15, -0.1) is 0 Å². The first-order valence-electron chi connectivity index (χ1n) is 6.51. The summed E-state index contributed by atoms with van der Waals surface area (Å²) in [6.07, 6.45) is 0. The van der Waals surface area contributed by atoms with Crippen molar-refractivity contribution in [2.75, 3.05) is 51.3 Å². The summed E-state index contributed by atoms with van der Waals surface area (Å²) < 4.78 is 4.68. The molecule has 1 heterocycles. The number of carbonyl (C=O) groups is 1. The van der Waals surface area contributed by atoms with Crippen molar-refractivity contribution in [2.24, 2.45) is 0 Å². The van der Waals surface area contributed by atoms with Crippen molar-refractivity contribution in [3.63, 3.8) is 0 Å². The Morgan fingerprint density at radius 3 is 2.30 bits per heavy atom. The fourth-order valence-corrected chi connectivity index (χ4v) is 2.30. The minimum Gasteiger partial charge on any atom is -0.465 e. The molecule has 1 saturated heterocycles. The monoisotopic (exact) mass is 516 g/mol. The number of aliphatic hydroxyl groups excluding tert-OH is 1. The molecule has 1 aliphatic heterocycles. The van der Waals surface area contributed by atoms with E-state index in [4.69, 9.17) is 5.11 Å². The summed E-state index contributed by atoms with van der Waals surface area (Å²) in [6.45, 7) is 4.76. The van der Waals surface area contributed by atoms with Gasteiger partial charge in [-0.1, -0.05) is 0 Å². The van der Waals surface area contributed by atoms with E-state index in [0.29, 0.717) is 5.56 Å². The maximum Gasteiger partial charge on any atom is 0.337 e. The van der Waals surface area contributed by atoms with E-state index in [-0.39, 0.29) is 12.6 Å². The molecule has 1 fully saturated rings. The number of nitrogens with zero attached hydrogens (tertiary/aromatic N) is 2. The van der Waals surface area contributed by atoms with Crippen LogP contribution in [0.3, 0.4) is 0 Å². The van der Waals surface area contributed by atoms with E-state index in [1.165, 1.54) is 7.11 Å². The summed E-state index contributed by atoms with van der Waals surface area (Å²) in [4.78, 5) is 15.9. The van der Waals surface area contributed by atoms with Crippen LogP contribution in [0, 0.1) is 0 Å². The smallest absolute Gasteiger partial charge is 0.337 e. The Kier molecular flexibility index (Phi) is 5.50. The van der Waals surface area contributed by atoms with Gasteiger partial charge < -0.3 is 14.7 Å². The number of carbonyl (C=O) groups excluding carboxylic acids is 1. The number of rotatable bonds is 4. The molecule has 1 radical (unpaired) electrons. The molecular weight excluding hydrogens is 496 g/mol. The van der Waals surface area contributed by atoms with Crippen molar-refractivity contribution in [1.82, 2.24) is 4.90 Å². The van der Waals surface area contributed by atoms with Gasteiger partial charge in [0.2, 0.25) is 0 Å². The van der Waals surface area contributed by atoms with Gasteiger partial charge in [0.25, 0.3) is 0 Å². The number of ether oxygens (including phenoxy) is 1. The third kappa shape index (κ3) is 3.46. The second-order valence-corrected chi connectivity index (χ2v) is 4.59. The van der Waals surface area contributed by atoms with E-state index in [1.54, 1.807) is 12.1 Å². The third-order valence-corrected chi connectivity index (χ3v) is 3.44. The quantitative estimate of drug-likeness (QED) is 0.595. The van der Waals surface area contributed by atoms with Crippen LogP contribution in [0.5, 0.6) is 0 Å². The number of aliphatic hydroxyl groups is 1. The standard InChI is InChI=1S/C14H20N2O3.Es/c1-19-14(18)12-2-4-13(5-3-12)16-8-6-15(7-9-16)10-11-17;/h2-5,17H,6-11H2,1H3;. The Bertz CT molecular complexity index is 417. The number of anilines is 1. The number of hydrogen-bond donors (Lipinski definition) is 1. The van der Waals surface area contributed by atoms with Crippen LogP contribution in [0.2, 0.25) is 0 Å². The van der Waals surface area contributed by atoms with Gasteiger partial charge >= 0.3 is 5.97 Å². The molecule has 0 aromatic heterocycles. The van der Waals surface area contributed by atoms with Crippen LogP contribution in [-0.2, 0) is 4.74 Å². The Morgan fingerprint density at radius 1 is 1.20 bits per heavy atom. The predicted molar refractivity (Wildman–Crippen MR) is 73.5 cm³/mol. The molecule has 20 heavy (non-hydrogen) atoms. The van der Waals surface area contributed by atoms with Crippen molar-refractivity contribution >= 4 is 11.7 Å². The SMILES string of the molecule is COC(=O)c1ccc(N2CCN(CCO)CC2)cc1.[Es]. The predicted octanol–water partition coefficient (Wildman–Crippen LogP) is 0.587. The molecule has 2 rings (SSSR count). The normalized spacial score (nSPS) is 15.6. The number of methoxy groups -OCH3 is 1. The van der Waals surface area contributed by atoms with E-state index in [2.05, 4.69) is 14.5 Å². The molecule has 5 nitrogen and oxygen atoms in total. The molecule has 6 heteroatoms. The molecule has 0 unspecified atom stereocenters. The zero-order chi connectivity index (χ0) is 13.7. The van der Waals surface area contributed by atoms with Crippen LogP contribution in [-0.4, -0.2) is 62.4 Å². The van der Waals surface area contributed by atoms with E-state index < -0.39 is 0 Å². The number of piperazine rings is 1. The maximum atomic E-state index is 11.3. The number of esters is 1. The fourth-order valence-electron chi connectivity index (χ4n) is 2.30. The zero-order valence-electron chi connectivity index (χ0n) is 11.5. The fraction of sp³-hybridized carbons (Fsp3) is 0.500. The van der Waals surface area contributed by atoms with Crippen LogP contribution < -0.4 is 4.90 Å². The largest absolute Gasteiger partial charge is 0.465 e. The minimum absolute atomic E-state index is 0. The van der Waals surface area contributed by atoms with E-state index in [0.717, 1.165) is 38.4 Å². The van der Waals surface area contributed by atoms with Crippen LogP contribution in [0.15, 0.2) is 24.3 Å². The number of benzene rings is 1. The molecule has 0 amide bonds. The molecule has 0 spiro atoms. The van der Waals surface area contributed by atoms with Crippen molar-refractivity contribution in [3.05, 3.63) is 29.8 Å².